The summed E-state index contributed by atoms with van der Waals surface area (Å²) in [7, 11) is 2.75. The number of rotatable bonds is 8. The van der Waals surface area contributed by atoms with E-state index in [0.29, 0.717) is 23.5 Å². The van der Waals surface area contributed by atoms with Crippen LogP contribution in [0.2, 0.25) is 0 Å². The van der Waals surface area contributed by atoms with Crippen LogP contribution < -0.4 is 10.1 Å². The van der Waals surface area contributed by atoms with Gasteiger partial charge in [-0.15, -0.1) is 11.3 Å². The number of methoxy groups -OCH3 is 1. The summed E-state index contributed by atoms with van der Waals surface area (Å²) in [6, 6.07) is 6.96. The minimum absolute atomic E-state index is 0.0910. The van der Waals surface area contributed by atoms with Gasteiger partial charge in [-0.3, -0.25) is 9.69 Å². The van der Waals surface area contributed by atoms with Gasteiger partial charge in [-0.05, 0) is 31.0 Å². The molecule has 2 heterocycles. The van der Waals surface area contributed by atoms with Gasteiger partial charge >= 0.3 is 12.1 Å². The molecule has 8 nitrogen and oxygen atoms in total. The van der Waals surface area contributed by atoms with Gasteiger partial charge in [-0.25, -0.2) is 9.78 Å². The third kappa shape index (κ3) is 6.21. The molecule has 1 amide bonds. The molecule has 12 heteroatoms. The number of hydrogen-bond donors (Lipinski definition) is 1. The Kier molecular flexibility index (Phi) is 7.92. The zero-order valence-corrected chi connectivity index (χ0v) is 19.0. The Hall–Kier alpha value is -2.70. The summed E-state index contributed by atoms with van der Waals surface area (Å²) in [6.07, 6.45) is -5.85. The predicted octanol–water partition coefficient (Wildman–Crippen LogP) is 2.79. The van der Waals surface area contributed by atoms with E-state index in [1.165, 1.54) is 19.5 Å². The van der Waals surface area contributed by atoms with E-state index >= 15 is 0 Å². The normalized spacial score (nSPS) is 19.8. The van der Waals surface area contributed by atoms with E-state index in [1.54, 1.807) is 17.0 Å². The number of alkyl halides is 3. The molecule has 3 unspecified atom stereocenters. The van der Waals surface area contributed by atoms with Crippen LogP contribution in [0.25, 0.3) is 0 Å². The Balaban J connectivity index is 1.68. The first-order valence-corrected chi connectivity index (χ1v) is 10.9. The summed E-state index contributed by atoms with van der Waals surface area (Å²) in [5, 5.41) is 2.81. The van der Waals surface area contributed by atoms with E-state index in [4.69, 9.17) is 14.2 Å². The van der Waals surface area contributed by atoms with E-state index < -0.39 is 29.5 Å². The monoisotopic (exact) mass is 487 g/mol. The van der Waals surface area contributed by atoms with Crippen LogP contribution >= 0.6 is 11.3 Å². The number of amides is 1. The molecule has 1 fully saturated rings. The van der Waals surface area contributed by atoms with Crippen molar-refractivity contribution in [2.45, 2.75) is 37.9 Å². The second-order valence-corrected chi connectivity index (χ2v) is 8.29. The minimum Gasteiger partial charge on any atom is -0.484 e. The number of thiazole rings is 1. The average Bonchev–Trinajstić information content (AvgIpc) is 3.45. The second kappa shape index (κ2) is 10.5. The highest BCUT2D eigenvalue weighted by molar-refractivity contribution is 7.09. The highest BCUT2D eigenvalue weighted by Crippen LogP contribution is 2.36. The van der Waals surface area contributed by atoms with Crippen LogP contribution in [-0.4, -0.2) is 61.3 Å². The number of aromatic nitrogens is 1. The molecule has 180 valence electrons. The van der Waals surface area contributed by atoms with Crippen LogP contribution in [-0.2, 0) is 31.7 Å². The first-order valence-electron chi connectivity index (χ1n) is 10.1. The number of esters is 1. The highest BCUT2D eigenvalue weighted by atomic mass is 32.1. The molecule has 2 aromatic rings. The number of hydrogen-bond acceptors (Lipinski definition) is 8. The molecule has 0 spiro atoms. The molecule has 33 heavy (non-hydrogen) atoms. The Morgan fingerprint density at radius 2 is 2.03 bits per heavy atom. The predicted molar refractivity (Wildman–Crippen MR) is 113 cm³/mol. The SMILES string of the molecule is CNC(=O)COc1ccc(CC(C)N2CC(c3csc(C(F)(F)F)n3)OC2C(=O)OC)cc1. The van der Waals surface area contributed by atoms with E-state index in [9.17, 15) is 22.8 Å². The van der Waals surface area contributed by atoms with Gasteiger partial charge in [0.15, 0.2) is 11.6 Å². The first-order chi connectivity index (χ1) is 15.6. The Morgan fingerprint density at radius 1 is 1.33 bits per heavy atom. The van der Waals surface area contributed by atoms with Gasteiger partial charge in [0, 0.05) is 25.0 Å². The van der Waals surface area contributed by atoms with E-state index in [2.05, 4.69) is 10.3 Å². The van der Waals surface area contributed by atoms with Crippen molar-refractivity contribution in [3.63, 3.8) is 0 Å². The molecule has 1 aromatic heterocycles. The van der Waals surface area contributed by atoms with Gasteiger partial charge in [0.1, 0.15) is 11.9 Å². The largest absolute Gasteiger partial charge is 0.484 e. The summed E-state index contributed by atoms with van der Waals surface area (Å²) in [6.45, 7) is 1.99. The number of carbonyl (C=O) groups excluding carboxylic acids is 2. The zero-order chi connectivity index (χ0) is 24.2. The highest BCUT2D eigenvalue weighted by Gasteiger charge is 2.43. The fourth-order valence-corrected chi connectivity index (χ4v) is 4.12. The number of benzene rings is 1. The quantitative estimate of drug-likeness (QED) is 0.573. The first kappa shape index (κ1) is 24.9. The number of ether oxygens (including phenoxy) is 3. The molecule has 3 atom stereocenters. The maximum Gasteiger partial charge on any atom is 0.443 e. The van der Waals surface area contributed by atoms with Gasteiger partial charge in [0.2, 0.25) is 6.23 Å². The van der Waals surface area contributed by atoms with Crippen molar-refractivity contribution in [1.82, 2.24) is 15.2 Å². The number of likely N-dealkylation sites (N-methyl/N-ethyl adjacent to an activating group) is 1. The van der Waals surface area contributed by atoms with E-state index in [1.807, 2.05) is 19.1 Å². The van der Waals surface area contributed by atoms with Gasteiger partial charge in [0.25, 0.3) is 5.91 Å². The van der Waals surface area contributed by atoms with Crippen LogP contribution in [0, 0.1) is 0 Å². The maximum absolute atomic E-state index is 12.9. The fraction of sp³-hybridized carbons (Fsp3) is 0.476. The lowest BCUT2D eigenvalue weighted by Gasteiger charge is -2.27. The third-order valence-electron chi connectivity index (χ3n) is 5.14. The molecule has 1 N–H and O–H groups in total. The van der Waals surface area contributed by atoms with Crippen molar-refractivity contribution in [1.29, 1.82) is 0 Å². The molecule has 0 bridgehead atoms. The molecule has 0 saturated carbocycles. The third-order valence-corrected chi connectivity index (χ3v) is 6.04. The lowest BCUT2D eigenvalue weighted by atomic mass is 10.1. The molecule has 1 aliphatic heterocycles. The summed E-state index contributed by atoms with van der Waals surface area (Å²) in [5.41, 5.74) is 1.07. The van der Waals surface area contributed by atoms with Gasteiger partial charge in [-0.2, -0.15) is 13.2 Å². The van der Waals surface area contributed by atoms with Crippen LogP contribution in [0.15, 0.2) is 29.6 Å². The van der Waals surface area contributed by atoms with Crippen molar-refractivity contribution < 1.29 is 37.0 Å². The van der Waals surface area contributed by atoms with Crippen LogP contribution in [0.3, 0.4) is 0 Å². The molecular formula is C21H24F3N3O5S. The van der Waals surface area contributed by atoms with Gasteiger partial charge < -0.3 is 19.5 Å². The summed E-state index contributed by atoms with van der Waals surface area (Å²) in [4.78, 5) is 29.0. The average molecular weight is 488 g/mol. The van der Waals surface area contributed by atoms with Crippen molar-refractivity contribution in [2.75, 3.05) is 27.3 Å². The summed E-state index contributed by atoms with van der Waals surface area (Å²) < 4.78 is 54.7. The van der Waals surface area contributed by atoms with Crippen molar-refractivity contribution >= 4 is 23.2 Å². The Labute approximate surface area is 192 Å². The molecule has 0 radical (unpaired) electrons. The second-order valence-electron chi connectivity index (χ2n) is 7.43. The number of carbonyl (C=O) groups is 2. The maximum atomic E-state index is 12.9. The molecule has 3 rings (SSSR count). The van der Waals surface area contributed by atoms with Crippen molar-refractivity contribution in [2.24, 2.45) is 0 Å². The fourth-order valence-electron chi connectivity index (χ4n) is 3.40. The molecule has 1 saturated heterocycles. The van der Waals surface area contributed by atoms with Crippen LogP contribution in [0.4, 0.5) is 13.2 Å². The molecule has 1 aliphatic rings. The smallest absolute Gasteiger partial charge is 0.443 e. The van der Waals surface area contributed by atoms with E-state index in [0.717, 1.165) is 5.56 Å². The standard InChI is InChI=1S/C21H24F3N3O5S/c1-12(8-13-4-6-14(7-5-13)31-10-17(28)25-2)27-9-16(32-18(27)19(29)30-3)15-11-33-20(26-15)21(22,23)24/h4-7,11-12,16,18H,8-10H2,1-3H3,(H,25,28). The summed E-state index contributed by atoms with van der Waals surface area (Å²) >= 11 is 0.492. The molecule has 0 aliphatic carbocycles. The number of halogens is 3. The Morgan fingerprint density at radius 3 is 2.61 bits per heavy atom. The molecular weight excluding hydrogens is 463 g/mol. The Bertz CT molecular complexity index is 967. The summed E-state index contributed by atoms with van der Waals surface area (Å²) in [5.74, 6) is -0.336. The van der Waals surface area contributed by atoms with Gasteiger partial charge in [-0.1, -0.05) is 12.1 Å². The van der Waals surface area contributed by atoms with Crippen LogP contribution in [0.5, 0.6) is 5.75 Å². The number of nitrogens with one attached hydrogen (secondary N) is 1. The van der Waals surface area contributed by atoms with Crippen LogP contribution in [0.1, 0.15) is 29.3 Å². The molecule has 1 aromatic carbocycles. The zero-order valence-electron chi connectivity index (χ0n) is 18.2. The van der Waals surface area contributed by atoms with Crippen molar-refractivity contribution in [3.05, 3.63) is 45.9 Å². The van der Waals surface area contributed by atoms with E-state index in [-0.39, 0.29) is 30.8 Å². The topological polar surface area (TPSA) is 90.0 Å². The minimum atomic E-state index is -4.54. The lowest BCUT2D eigenvalue weighted by Crippen LogP contribution is -2.44. The van der Waals surface area contributed by atoms with Crippen molar-refractivity contribution in [3.8, 4) is 5.75 Å². The van der Waals surface area contributed by atoms with Gasteiger partial charge in [0.05, 0.1) is 12.8 Å². The number of nitrogens with zero attached hydrogens (tertiary/aromatic N) is 2. The lowest BCUT2D eigenvalue weighted by molar-refractivity contribution is -0.162.